The van der Waals surface area contributed by atoms with Gasteiger partial charge in [0.2, 0.25) is 0 Å². The van der Waals surface area contributed by atoms with Crippen molar-refractivity contribution in [3.63, 3.8) is 0 Å². The number of hydrogen-bond donors (Lipinski definition) is 0. The van der Waals surface area contributed by atoms with Crippen molar-refractivity contribution in [2.75, 3.05) is 12.0 Å². The van der Waals surface area contributed by atoms with Gasteiger partial charge in [-0.3, -0.25) is 9.69 Å². The van der Waals surface area contributed by atoms with Crippen LogP contribution in [0.15, 0.2) is 95.6 Å². The Labute approximate surface area is 157 Å². The lowest BCUT2D eigenvalue weighted by Crippen LogP contribution is -2.33. The Bertz CT molecular complexity index is 836. The summed E-state index contributed by atoms with van der Waals surface area (Å²) in [5.74, 6) is 0.0697. The topological polar surface area (TPSA) is 29.5 Å². The highest BCUT2D eigenvalue weighted by atomic mass is 35.5. The van der Waals surface area contributed by atoms with Crippen molar-refractivity contribution in [1.82, 2.24) is 0 Å². The average molecular weight is 372 g/mol. The summed E-state index contributed by atoms with van der Waals surface area (Å²) in [5, 5.41) is 0.535. The van der Waals surface area contributed by atoms with E-state index in [9.17, 15) is 4.79 Å². The molecule has 25 heavy (non-hydrogen) atoms. The summed E-state index contributed by atoms with van der Waals surface area (Å²) < 4.78 is 5.04. The van der Waals surface area contributed by atoms with E-state index in [2.05, 4.69) is 26.3 Å². The summed E-state index contributed by atoms with van der Waals surface area (Å²) in [6, 6.07) is 5.40. The summed E-state index contributed by atoms with van der Waals surface area (Å²) >= 11 is 7.66. The fourth-order valence-electron chi connectivity index (χ4n) is 2.29. The van der Waals surface area contributed by atoms with Crippen LogP contribution in [0.25, 0.3) is 0 Å². The summed E-state index contributed by atoms with van der Waals surface area (Å²) in [5.41, 5.74) is 1.65. The minimum absolute atomic E-state index is 0.286. The highest BCUT2D eigenvalue weighted by Crippen LogP contribution is 2.45. The van der Waals surface area contributed by atoms with Gasteiger partial charge in [0.1, 0.15) is 5.76 Å². The monoisotopic (exact) mass is 371 g/mol. The molecule has 3 nitrogen and oxygen atoms in total. The number of amides is 1. The molecule has 1 amide bonds. The number of nitrogens with zero attached hydrogens (tertiary/aromatic N) is 1. The van der Waals surface area contributed by atoms with E-state index in [1.165, 1.54) is 31.0 Å². The van der Waals surface area contributed by atoms with Gasteiger partial charge in [0.05, 0.1) is 18.5 Å². The first-order valence-corrected chi connectivity index (χ1v) is 8.54. The highest BCUT2D eigenvalue weighted by Gasteiger charge is 2.29. The first-order chi connectivity index (χ1) is 12.0. The zero-order valence-electron chi connectivity index (χ0n) is 13.9. The van der Waals surface area contributed by atoms with Gasteiger partial charge in [0, 0.05) is 20.4 Å². The molecule has 1 aliphatic heterocycles. The van der Waals surface area contributed by atoms with Crippen LogP contribution in [0.4, 0.5) is 5.69 Å². The van der Waals surface area contributed by atoms with Crippen molar-refractivity contribution in [3.8, 4) is 0 Å². The molecule has 0 fully saturated rings. The first kappa shape index (κ1) is 18.9. The third kappa shape index (κ3) is 3.81. The van der Waals surface area contributed by atoms with Gasteiger partial charge in [-0.1, -0.05) is 61.8 Å². The number of allylic oxidation sites excluding steroid dienone is 3. The van der Waals surface area contributed by atoms with E-state index in [-0.39, 0.29) is 5.91 Å². The van der Waals surface area contributed by atoms with Crippen LogP contribution >= 0.6 is 23.4 Å². The number of thioether (sulfide) groups is 1. The molecule has 1 aromatic carbocycles. The predicted octanol–water partition coefficient (Wildman–Crippen LogP) is 5.63. The summed E-state index contributed by atoms with van der Waals surface area (Å²) in [7, 11) is 1.49. The molecule has 0 radical (unpaired) electrons. The number of hydrogen-bond acceptors (Lipinski definition) is 3. The molecule has 2 rings (SSSR count). The number of rotatable bonds is 6. The number of fused-ring (bicyclic) bond motifs is 1. The van der Waals surface area contributed by atoms with Gasteiger partial charge in [0.25, 0.3) is 5.91 Å². The second kappa shape index (κ2) is 8.10. The zero-order valence-corrected chi connectivity index (χ0v) is 15.5. The maximum absolute atomic E-state index is 13.2. The van der Waals surface area contributed by atoms with Gasteiger partial charge in [-0.25, -0.2) is 0 Å². The van der Waals surface area contributed by atoms with E-state index >= 15 is 0 Å². The van der Waals surface area contributed by atoms with Crippen molar-refractivity contribution in [1.29, 1.82) is 0 Å². The Morgan fingerprint density at radius 2 is 2.00 bits per heavy atom. The summed E-state index contributed by atoms with van der Waals surface area (Å²) in [4.78, 5) is 16.5. The van der Waals surface area contributed by atoms with Crippen LogP contribution in [0.2, 0.25) is 5.02 Å². The maximum atomic E-state index is 13.2. The van der Waals surface area contributed by atoms with Crippen LogP contribution in [0.5, 0.6) is 0 Å². The second-order valence-corrected chi connectivity index (χ2v) is 6.51. The van der Waals surface area contributed by atoms with Crippen molar-refractivity contribution >= 4 is 35.0 Å². The third-order valence-electron chi connectivity index (χ3n) is 3.50. The molecule has 0 saturated heterocycles. The largest absolute Gasteiger partial charge is 0.497 e. The lowest BCUT2D eigenvalue weighted by molar-refractivity contribution is -0.114. The maximum Gasteiger partial charge on any atom is 0.263 e. The average Bonchev–Trinajstić information content (AvgIpc) is 2.63. The van der Waals surface area contributed by atoms with E-state index in [0.29, 0.717) is 27.7 Å². The molecule has 0 aliphatic carbocycles. The van der Waals surface area contributed by atoms with Crippen LogP contribution < -0.4 is 4.90 Å². The number of carbonyl (C=O) groups excluding carboxylic acids is 1. The SMILES string of the molecule is C=CC1=C(C=C)N(C(=O)/C(C=C)=C/C(=C)OC)c2cc(Cl)ccc2S1. The van der Waals surface area contributed by atoms with Crippen LogP contribution in [0.1, 0.15) is 0 Å². The molecule has 0 bridgehead atoms. The minimum Gasteiger partial charge on any atom is -0.497 e. The molecule has 0 saturated carbocycles. The molecule has 128 valence electrons. The highest BCUT2D eigenvalue weighted by molar-refractivity contribution is 8.03. The summed E-state index contributed by atoms with van der Waals surface area (Å²) in [6.45, 7) is 15.1. The lowest BCUT2D eigenvalue weighted by atomic mass is 10.1. The van der Waals surface area contributed by atoms with Crippen molar-refractivity contribution in [3.05, 3.63) is 95.8 Å². The second-order valence-electron chi connectivity index (χ2n) is 4.99. The molecule has 0 unspecified atom stereocenters. The van der Waals surface area contributed by atoms with Crippen molar-refractivity contribution < 1.29 is 9.53 Å². The van der Waals surface area contributed by atoms with Crippen LogP contribution in [-0.4, -0.2) is 13.0 Å². The number of ether oxygens (including phenoxy) is 1. The lowest BCUT2D eigenvalue weighted by Gasteiger charge is -2.31. The van der Waals surface area contributed by atoms with Gasteiger partial charge in [0.15, 0.2) is 0 Å². The van der Waals surface area contributed by atoms with Gasteiger partial charge < -0.3 is 4.74 Å². The van der Waals surface area contributed by atoms with Gasteiger partial charge in [-0.05, 0) is 30.4 Å². The number of carbonyl (C=O) groups is 1. The van der Waals surface area contributed by atoms with Crippen molar-refractivity contribution in [2.45, 2.75) is 4.90 Å². The van der Waals surface area contributed by atoms with Gasteiger partial charge >= 0.3 is 0 Å². The first-order valence-electron chi connectivity index (χ1n) is 7.34. The zero-order chi connectivity index (χ0) is 18.6. The standard InChI is InChI=1S/C20H18ClNO2S/c1-6-14(11-13(4)24-5)20(23)22-16(7-2)18(8-3)25-19-10-9-15(21)12-17(19)22/h6-12H,1-4H2,5H3/b14-11+. The predicted molar refractivity (Wildman–Crippen MR) is 107 cm³/mol. The minimum atomic E-state index is -0.286. The Balaban J connectivity index is 2.66. The van der Waals surface area contributed by atoms with Crippen molar-refractivity contribution in [2.24, 2.45) is 0 Å². The summed E-state index contributed by atoms with van der Waals surface area (Å²) in [6.07, 6.45) is 6.32. The van der Waals surface area contributed by atoms with E-state index in [1.54, 1.807) is 29.2 Å². The molecule has 5 heteroatoms. The molecule has 0 atom stereocenters. The van der Waals surface area contributed by atoms with Gasteiger partial charge in [-0.15, -0.1) is 0 Å². The fraction of sp³-hybridized carbons (Fsp3) is 0.0500. The Hall–Kier alpha value is -2.43. The van der Waals surface area contributed by atoms with E-state index < -0.39 is 0 Å². The van der Waals surface area contributed by atoms with Gasteiger partial charge in [-0.2, -0.15) is 0 Å². The molecule has 1 heterocycles. The molecule has 0 N–H and O–H groups in total. The molecule has 1 aliphatic rings. The Morgan fingerprint density at radius 3 is 2.56 bits per heavy atom. The molecule has 1 aromatic rings. The number of benzene rings is 1. The quantitative estimate of drug-likeness (QED) is 0.368. The molecular weight excluding hydrogens is 354 g/mol. The fourth-order valence-corrected chi connectivity index (χ4v) is 3.45. The Kier molecular flexibility index (Phi) is 6.12. The van der Waals surface area contributed by atoms with Crippen LogP contribution in [-0.2, 0) is 9.53 Å². The number of methoxy groups -OCH3 is 1. The third-order valence-corrected chi connectivity index (χ3v) is 4.90. The molecule has 0 spiro atoms. The number of anilines is 1. The van der Waals surface area contributed by atoms with E-state index in [4.69, 9.17) is 16.3 Å². The molecular formula is C20H18ClNO2S. The normalized spacial score (nSPS) is 13.8. The van der Waals surface area contributed by atoms with E-state index in [1.807, 2.05) is 6.07 Å². The Morgan fingerprint density at radius 1 is 1.28 bits per heavy atom. The molecule has 0 aromatic heterocycles. The smallest absolute Gasteiger partial charge is 0.263 e. The van der Waals surface area contributed by atoms with E-state index in [0.717, 1.165) is 9.80 Å². The van der Waals surface area contributed by atoms with Crippen LogP contribution in [0.3, 0.4) is 0 Å². The number of halogens is 1. The van der Waals surface area contributed by atoms with Crippen LogP contribution in [0, 0.1) is 0 Å².